The van der Waals surface area contributed by atoms with Crippen LogP contribution in [-0.2, 0) is 6.54 Å². The van der Waals surface area contributed by atoms with Crippen LogP contribution >= 0.6 is 0 Å². The van der Waals surface area contributed by atoms with E-state index in [1.807, 2.05) is 18.3 Å². The van der Waals surface area contributed by atoms with Crippen molar-refractivity contribution in [3.63, 3.8) is 0 Å². The van der Waals surface area contributed by atoms with Gasteiger partial charge in [0.1, 0.15) is 0 Å². The molecule has 0 radical (unpaired) electrons. The van der Waals surface area contributed by atoms with Crippen LogP contribution < -0.4 is 5.32 Å². The van der Waals surface area contributed by atoms with E-state index in [0.29, 0.717) is 0 Å². The second-order valence-electron chi connectivity index (χ2n) is 5.93. The van der Waals surface area contributed by atoms with Gasteiger partial charge in [-0.25, -0.2) is 0 Å². The average molecular weight is 314 g/mol. The summed E-state index contributed by atoms with van der Waals surface area (Å²) >= 11 is 0. The molecule has 0 spiro atoms. The fourth-order valence-corrected chi connectivity index (χ4v) is 2.65. The summed E-state index contributed by atoms with van der Waals surface area (Å²) in [6.07, 6.45) is 3.68. The van der Waals surface area contributed by atoms with Crippen LogP contribution in [0.15, 0.2) is 85.7 Å². The van der Waals surface area contributed by atoms with Crippen molar-refractivity contribution in [2.24, 2.45) is 0 Å². The maximum atomic E-state index is 4.26. The van der Waals surface area contributed by atoms with E-state index < -0.39 is 0 Å². The highest BCUT2D eigenvalue weighted by atomic mass is 14.9. The highest BCUT2D eigenvalue weighted by Gasteiger charge is 2.09. The first-order chi connectivity index (χ1) is 11.7. The number of rotatable bonds is 6. The predicted octanol–water partition coefficient (Wildman–Crippen LogP) is 4.94. The molecule has 0 saturated carbocycles. The summed E-state index contributed by atoms with van der Waals surface area (Å²) in [5, 5.41) is 3.50. The van der Waals surface area contributed by atoms with Gasteiger partial charge in [-0.15, -0.1) is 0 Å². The third-order valence-electron chi connectivity index (χ3n) is 4.22. The van der Waals surface area contributed by atoms with E-state index in [2.05, 4.69) is 78.4 Å². The van der Waals surface area contributed by atoms with Crippen molar-refractivity contribution in [1.82, 2.24) is 10.3 Å². The van der Waals surface area contributed by atoms with Gasteiger partial charge < -0.3 is 5.32 Å². The molecular formula is C22H22N2. The zero-order chi connectivity index (χ0) is 16.8. The fourth-order valence-electron chi connectivity index (χ4n) is 2.65. The molecule has 2 nitrogen and oxygen atoms in total. The summed E-state index contributed by atoms with van der Waals surface area (Å²) in [5.41, 5.74) is 5.90. The van der Waals surface area contributed by atoms with Gasteiger partial charge in [0.2, 0.25) is 0 Å². The molecule has 3 aromatic rings. The van der Waals surface area contributed by atoms with Gasteiger partial charge in [-0.2, -0.15) is 0 Å². The van der Waals surface area contributed by atoms with Crippen molar-refractivity contribution in [3.8, 4) is 11.1 Å². The van der Waals surface area contributed by atoms with Crippen LogP contribution in [0.1, 0.15) is 18.1 Å². The van der Waals surface area contributed by atoms with Gasteiger partial charge in [0.05, 0.1) is 0 Å². The Kier molecular flexibility index (Phi) is 5.19. The summed E-state index contributed by atoms with van der Waals surface area (Å²) in [7, 11) is 0. The number of hydrogen-bond donors (Lipinski definition) is 1. The molecule has 1 atom stereocenters. The standard InChI is InChI=1S/C22H22N2/c1-17(18(2)24-16-19-7-6-14-23-15-19)20-10-12-22(13-11-20)21-8-4-3-5-9-21/h3-15,18,24H,1,16H2,2H3/t18-/m1/s1. The predicted molar refractivity (Wildman–Crippen MR) is 101 cm³/mol. The molecule has 0 amide bonds. The molecule has 0 bridgehead atoms. The van der Waals surface area contributed by atoms with Crippen LogP contribution in [0.5, 0.6) is 0 Å². The van der Waals surface area contributed by atoms with E-state index in [0.717, 1.165) is 12.1 Å². The number of pyridine rings is 1. The van der Waals surface area contributed by atoms with Gasteiger partial charge in [-0.1, -0.05) is 67.2 Å². The minimum Gasteiger partial charge on any atom is -0.306 e. The van der Waals surface area contributed by atoms with E-state index in [-0.39, 0.29) is 6.04 Å². The first-order valence-corrected chi connectivity index (χ1v) is 8.21. The van der Waals surface area contributed by atoms with Gasteiger partial charge in [0, 0.05) is 25.0 Å². The average Bonchev–Trinajstić information content (AvgIpc) is 2.67. The van der Waals surface area contributed by atoms with Crippen molar-refractivity contribution in [2.45, 2.75) is 19.5 Å². The summed E-state index contributed by atoms with van der Waals surface area (Å²) in [5.74, 6) is 0. The Labute approximate surface area is 143 Å². The molecule has 2 heteroatoms. The van der Waals surface area contributed by atoms with Crippen molar-refractivity contribution < 1.29 is 0 Å². The summed E-state index contributed by atoms with van der Waals surface area (Å²) in [6.45, 7) is 7.19. The van der Waals surface area contributed by atoms with Crippen LogP contribution in [0.25, 0.3) is 16.7 Å². The Bertz CT molecular complexity index is 777. The molecule has 3 rings (SSSR count). The summed E-state index contributed by atoms with van der Waals surface area (Å²) in [6, 6.07) is 23.3. The number of aromatic nitrogens is 1. The van der Waals surface area contributed by atoms with Crippen LogP contribution in [-0.4, -0.2) is 11.0 Å². The zero-order valence-corrected chi connectivity index (χ0v) is 13.9. The lowest BCUT2D eigenvalue weighted by Crippen LogP contribution is -2.26. The van der Waals surface area contributed by atoms with E-state index in [1.165, 1.54) is 22.3 Å². The molecule has 120 valence electrons. The van der Waals surface area contributed by atoms with Crippen LogP contribution in [0.3, 0.4) is 0 Å². The molecule has 24 heavy (non-hydrogen) atoms. The van der Waals surface area contributed by atoms with Gasteiger partial charge >= 0.3 is 0 Å². The van der Waals surface area contributed by atoms with Crippen LogP contribution in [0, 0.1) is 0 Å². The molecule has 0 fully saturated rings. The molecule has 1 heterocycles. The minimum absolute atomic E-state index is 0.202. The van der Waals surface area contributed by atoms with Crippen molar-refractivity contribution in [1.29, 1.82) is 0 Å². The van der Waals surface area contributed by atoms with Crippen LogP contribution in [0.2, 0.25) is 0 Å². The molecule has 0 aliphatic carbocycles. The Morgan fingerprint density at radius 3 is 2.33 bits per heavy atom. The number of benzene rings is 2. The lowest BCUT2D eigenvalue weighted by atomic mass is 9.98. The summed E-state index contributed by atoms with van der Waals surface area (Å²) in [4.78, 5) is 4.14. The third-order valence-corrected chi connectivity index (χ3v) is 4.22. The molecule has 0 aliphatic heterocycles. The number of nitrogens with one attached hydrogen (secondary N) is 1. The second-order valence-corrected chi connectivity index (χ2v) is 5.93. The highest BCUT2D eigenvalue weighted by Crippen LogP contribution is 2.23. The third kappa shape index (κ3) is 3.98. The normalized spacial score (nSPS) is 11.9. The van der Waals surface area contributed by atoms with Gasteiger partial charge in [-0.3, -0.25) is 4.98 Å². The first kappa shape index (κ1) is 16.2. The first-order valence-electron chi connectivity index (χ1n) is 8.21. The maximum Gasteiger partial charge on any atom is 0.0312 e. The van der Waals surface area contributed by atoms with Crippen molar-refractivity contribution in [2.75, 3.05) is 0 Å². The Morgan fingerprint density at radius 2 is 1.67 bits per heavy atom. The van der Waals surface area contributed by atoms with Crippen molar-refractivity contribution in [3.05, 3.63) is 96.8 Å². The van der Waals surface area contributed by atoms with Gasteiger partial charge in [0.15, 0.2) is 0 Å². The summed E-state index contributed by atoms with van der Waals surface area (Å²) < 4.78 is 0. The minimum atomic E-state index is 0.202. The highest BCUT2D eigenvalue weighted by molar-refractivity contribution is 5.71. The second kappa shape index (κ2) is 7.71. The smallest absolute Gasteiger partial charge is 0.0312 e. The van der Waals surface area contributed by atoms with E-state index in [4.69, 9.17) is 0 Å². The lowest BCUT2D eigenvalue weighted by Gasteiger charge is -2.17. The molecular weight excluding hydrogens is 292 g/mol. The Hall–Kier alpha value is -2.71. The number of hydrogen-bond acceptors (Lipinski definition) is 2. The molecule has 0 saturated heterocycles. The van der Waals surface area contributed by atoms with E-state index in [9.17, 15) is 0 Å². The van der Waals surface area contributed by atoms with Gasteiger partial charge in [-0.05, 0) is 40.8 Å². The lowest BCUT2D eigenvalue weighted by molar-refractivity contribution is 0.644. The van der Waals surface area contributed by atoms with Crippen LogP contribution in [0.4, 0.5) is 0 Å². The molecule has 0 unspecified atom stereocenters. The topological polar surface area (TPSA) is 24.9 Å². The number of nitrogens with zero attached hydrogens (tertiary/aromatic N) is 1. The Morgan fingerprint density at radius 1 is 0.958 bits per heavy atom. The molecule has 2 aromatic carbocycles. The van der Waals surface area contributed by atoms with E-state index in [1.54, 1.807) is 6.20 Å². The fraction of sp³-hybridized carbons (Fsp3) is 0.136. The van der Waals surface area contributed by atoms with Crippen molar-refractivity contribution >= 4 is 5.57 Å². The maximum absolute atomic E-state index is 4.26. The SMILES string of the molecule is C=C(c1ccc(-c2ccccc2)cc1)[C@@H](C)NCc1cccnc1. The zero-order valence-electron chi connectivity index (χ0n) is 13.9. The largest absolute Gasteiger partial charge is 0.306 e. The quantitative estimate of drug-likeness (QED) is 0.697. The Balaban J connectivity index is 1.64. The van der Waals surface area contributed by atoms with E-state index >= 15 is 0 Å². The molecule has 1 aromatic heterocycles. The molecule has 1 N–H and O–H groups in total. The monoisotopic (exact) mass is 314 g/mol. The van der Waals surface area contributed by atoms with Gasteiger partial charge in [0.25, 0.3) is 0 Å². The molecule has 0 aliphatic rings.